The molecule has 1 saturated heterocycles. The molecule has 0 spiro atoms. The smallest absolute Gasteiger partial charge is 0.243 e. The SMILES string of the molecule is CS(=O)(=O)N[C@H](Cc1ccccc1)C(=O)N1CCC[C@H]1C(=O)NCc1ccc2c(N)nccc2c1. The Hall–Kier alpha value is -3.50. The number of nitrogens with two attached hydrogens (primary N) is 1. The number of carbonyl (C=O) groups excluding carboxylic acids is 2. The van der Waals surface area contributed by atoms with Crippen LogP contribution in [0.2, 0.25) is 0 Å². The van der Waals surface area contributed by atoms with Crippen molar-refractivity contribution in [3.05, 3.63) is 71.9 Å². The van der Waals surface area contributed by atoms with E-state index in [1.165, 1.54) is 4.90 Å². The van der Waals surface area contributed by atoms with Crippen LogP contribution in [0.25, 0.3) is 10.8 Å². The summed E-state index contributed by atoms with van der Waals surface area (Å²) in [5, 5.41) is 4.70. The van der Waals surface area contributed by atoms with E-state index in [0.29, 0.717) is 31.7 Å². The van der Waals surface area contributed by atoms with Crippen molar-refractivity contribution in [3.8, 4) is 0 Å². The summed E-state index contributed by atoms with van der Waals surface area (Å²) < 4.78 is 26.4. The fourth-order valence-corrected chi connectivity index (χ4v) is 5.16. The molecular formula is C25H29N5O4S. The van der Waals surface area contributed by atoms with Gasteiger partial charge < -0.3 is 16.0 Å². The predicted molar refractivity (Wildman–Crippen MR) is 135 cm³/mol. The van der Waals surface area contributed by atoms with Crippen LogP contribution < -0.4 is 15.8 Å². The van der Waals surface area contributed by atoms with Gasteiger partial charge in [-0.05, 0) is 47.9 Å². The highest BCUT2D eigenvalue weighted by Gasteiger charge is 2.37. The largest absolute Gasteiger partial charge is 0.383 e. The van der Waals surface area contributed by atoms with Crippen molar-refractivity contribution < 1.29 is 18.0 Å². The van der Waals surface area contributed by atoms with Gasteiger partial charge in [-0.3, -0.25) is 9.59 Å². The number of carbonyl (C=O) groups is 2. The van der Waals surface area contributed by atoms with Crippen LogP contribution in [0.4, 0.5) is 5.82 Å². The van der Waals surface area contributed by atoms with Crippen molar-refractivity contribution >= 4 is 38.4 Å². The molecule has 1 aliphatic heterocycles. The zero-order chi connectivity index (χ0) is 25.0. The van der Waals surface area contributed by atoms with Gasteiger partial charge in [0.15, 0.2) is 0 Å². The molecule has 0 bridgehead atoms. The van der Waals surface area contributed by atoms with Gasteiger partial charge in [0.05, 0.1) is 6.26 Å². The van der Waals surface area contributed by atoms with Gasteiger partial charge >= 0.3 is 0 Å². The Kier molecular flexibility index (Phi) is 7.32. The van der Waals surface area contributed by atoms with Crippen LogP contribution in [0.3, 0.4) is 0 Å². The first-order valence-corrected chi connectivity index (χ1v) is 13.3. The minimum Gasteiger partial charge on any atom is -0.383 e. The maximum atomic E-state index is 13.4. The Morgan fingerprint density at radius 1 is 1.14 bits per heavy atom. The first-order valence-electron chi connectivity index (χ1n) is 11.4. The second-order valence-corrected chi connectivity index (χ2v) is 10.6. The summed E-state index contributed by atoms with van der Waals surface area (Å²) in [5.41, 5.74) is 7.63. The van der Waals surface area contributed by atoms with Crippen LogP contribution in [0.15, 0.2) is 60.8 Å². The fourth-order valence-electron chi connectivity index (χ4n) is 4.46. The molecule has 1 aromatic heterocycles. The molecule has 0 unspecified atom stereocenters. The lowest BCUT2D eigenvalue weighted by Gasteiger charge is -2.28. The van der Waals surface area contributed by atoms with Crippen LogP contribution in [0, 0.1) is 0 Å². The van der Waals surface area contributed by atoms with Gasteiger partial charge in [0.25, 0.3) is 0 Å². The monoisotopic (exact) mass is 495 g/mol. The number of fused-ring (bicyclic) bond motifs is 1. The minimum absolute atomic E-state index is 0.201. The number of benzene rings is 2. The number of nitrogens with zero attached hydrogens (tertiary/aromatic N) is 2. The van der Waals surface area contributed by atoms with Crippen molar-refractivity contribution in [2.45, 2.75) is 37.9 Å². The first-order chi connectivity index (χ1) is 16.7. The van der Waals surface area contributed by atoms with Crippen molar-refractivity contribution in [1.82, 2.24) is 19.9 Å². The maximum absolute atomic E-state index is 13.4. The summed E-state index contributed by atoms with van der Waals surface area (Å²) in [6.45, 7) is 0.695. The van der Waals surface area contributed by atoms with Crippen molar-refractivity contribution in [1.29, 1.82) is 0 Å². The van der Waals surface area contributed by atoms with Crippen LogP contribution in [0.1, 0.15) is 24.0 Å². The summed E-state index contributed by atoms with van der Waals surface area (Å²) in [7, 11) is -3.63. The lowest BCUT2D eigenvalue weighted by atomic mass is 10.0. The molecule has 1 fully saturated rings. The van der Waals surface area contributed by atoms with Crippen LogP contribution >= 0.6 is 0 Å². The Morgan fingerprint density at radius 2 is 1.91 bits per heavy atom. The summed E-state index contributed by atoms with van der Waals surface area (Å²) in [6, 6.07) is 15.1. The number of pyridine rings is 1. The van der Waals surface area contributed by atoms with E-state index in [1.807, 2.05) is 54.6 Å². The summed E-state index contributed by atoms with van der Waals surface area (Å²) in [5.74, 6) is -0.209. The molecule has 2 amide bonds. The predicted octanol–water partition coefficient (Wildman–Crippen LogP) is 1.58. The lowest BCUT2D eigenvalue weighted by molar-refractivity contribution is -0.139. The summed E-state index contributed by atoms with van der Waals surface area (Å²) in [6.07, 6.45) is 4.06. The molecule has 9 nitrogen and oxygen atoms in total. The number of rotatable bonds is 8. The number of likely N-dealkylation sites (tertiary alicyclic amines) is 1. The van der Waals surface area contributed by atoms with Crippen LogP contribution in [-0.2, 0) is 32.6 Å². The first kappa shape index (κ1) is 24.6. The molecule has 2 atom stereocenters. The van der Waals surface area contributed by atoms with Gasteiger partial charge in [0.2, 0.25) is 21.8 Å². The van der Waals surface area contributed by atoms with E-state index in [4.69, 9.17) is 5.73 Å². The number of nitrogens with one attached hydrogen (secondary N) is 2. The topological polar surface area (TPSA) is 134 Å². The van der Waals surface area contributed by atoms with E-state index in [0.717, 1.165) is 28.2 Å². The summed E-state index contributed by atoms with van der Waals surface area (Å²) >= 11 is 0. The molecular weight excluding hydrogens is 466 g/mol. The molecule has 184 valence electrons. The van der Waals surface area contributed by atoms with E-state index in [-0.39, 0.29) is 12.3 Å². The number of nitrogen functional groups attached to an aromatic ring is 1. The van der Waals surface area contributed by atoms with Gasteiger partial charge in [0.1, 0.15) is 17.9 Å². The number of sulfonamides is 1. The quantitative estimate of drug-likeness (QED) is 0.434. The third kappa shape index (κ3) is 6.14. The third-order valence-corrected chi connectivity index (χ3v) is 6.81. The number of anilines is 1. The molecule has 3 aromatic rings. The molecule has 4 rings (SSSR count). The molecule has 10 heteroatoms. The lowest BCUT2D eigenvalue weighted by Crippen LogP contribution is -2.54. The fraction of sp³-hybridized carbons (Fsp3) is 0.320. The van der Waals surface area contributed by atoms with E-state index in [9.17, 15) is 18.0 Å². The van der Waals surface area contributed by atoms with Gasteiger partial charge in [-0.25, -0.2) is 18.1 Å². The Morgan fingerprint density at radius 3 is 2.66 bits per heavy atom. The standard InChI is InChI=1S/C25H29N5O4S/c1-35(33,34)29-21(15-17-6-3-2-4-7-17)25(32)30-13-5-8-22(30)24(31)28-16-18-9-10-20-19(14-18)11-12-27-23(20)26/h2-4,6-7,9-12,14,21-22,29H,5,8,13,15-16H2,1H3,(H2,26,27)(H,28,31)/t21-,22+/m1/s1. The Labute approximate surface area is 204 Å². The van der Waals surface area contributed by atoms with Gasteiger partial charge in [-0.1, -0.05) is 42.5 Å². The van der Waals surface area contributed by atoms with E-state index in [2.05, 4.69) is 15.0 Å². The van der Waals surface area contributed by atoms with E-state index < -0.39 is 28.0 Å². The summed E-state index contributed by atoms with van der Waals surface area (Å²) in [4.78, 5) is 32.0. The zero-order valence-corrected chi connectivity index (χ0v) is 20.3. The molecule has 35 heavy (non-hydrogen) atoms. The van der Waals surface area contributed by atoms with E-state index in [1.54, 1.807) is 6.20 Å². The molecule has 4 N–H and O–H groups in total. The zero-order valence-electron chi connectivity index (χ0n) is 19.5. The highest BCUT2D eigenvalue weighted by Crippen LogP contribution is 2.22. The minimum atomic E-state index is -3.63. The highest BCUT2D eigenvalue weighted by molar-refractivity contribution is 7.88. The Bertz CT molecular complexity index is 1330. The van der Waals surface area contributed by atoms with Gasteiger partial charge in [0, 0.05) is 24.7 Å². The number of hydrogen-bond donors (Lipinski definition) is 3. The van der Waals surface area contributed by atoms with Gasteiger partial charge in [-0.15, -0.1) is 0 Å². The molecule has 2 heterocycles. The molecule has 1 aliphatic rings. The Balaban J connectivity index is 1.45. The van der Waals surface area contributed by atoms with Gasteiger partial charge in [-0.2, -0.15) is 0 Å². The number of amides is 2. The second kappa shape index (κ2) is 10.4. The highest BCUT2D eigenvalue weighted by atomic mass is 32.2. The van der Waals surface area contributed by atoms with Crippen molar-refractivity contribution in [2.75, 3.05) is 18.5 Å². The second-order valence-electron chi connectivity index (χ2n) is 8.79. The van der Waals surface area contributed by atoms with Crippen molar-refractivity contribution in [2.24, 2.45) is 0 Å². The van der Waals surface area contributed by atoms with Crippen LogP contribution in [0.5, 0.6) is 0 Å². The average Bonchev–Trinajstić information content (AvgIpc) is 3.32. The number of hydrogen-bond acceptors (Lipinski definition) is 6. The molecule has 0 saturated carbocycles. The molecule has 2 aromatic carbocycles. The number of aromatic nitrogens is 1. The normalized spacial score (nSPS) is 16.8. The van der Waals surface area contributed by atoms with E-state index >= 15 is 0 Å². The van der Waals surface area contributed by atoms with Crippen molar-refractivity contribution in [3.63, 3.8) is 0 Å². The average molecular weight is 496 g/mol. The molecule has 0 aliphatic carbocycles. The van der Waals surface area contributed by atoms with Crippen LogP contribution in [-0.4, -0.2) is 55.0 Å². The maximum Gasteiger partial charge on any atom is 0.243 e. The third-order valence-electron chi connectivity index (χ3n) is 6.10. The molecule has 0 radical (unpaired) electrons.